The molecule has 0 bridgehead atoms. The molecular formula is C12H14BrN. The molecule has 0 aromatic heterocycles. The molecule has 0 aliphatic carbocycles. The molecule has 1 atom stereocenters. The smallest absolute Gasteiger partial charge is 0.0581 e. The van der Waals surface area contributed by atoms with E-state index in [4.69, 9.17) is 0 Å². The van der Waals surface area contributed by atoms with Crippen LogP contribution in [-0.2, 0) is 0 Å². The van der Waals surface area contributed by atoms with E-state index in [9.17, 15) is 0 Å². The van der Waals surface area contributed by atoms with E-state index in [0.29, 0.717) is 6.04 Å². The van der Waals surface area contributed by atoms with Gasteiger partial charge in [0, 0.05) is 10.5 Å². The lowest BCUT2D eigenvalue weighted by molar-refractivity contribution is 0.623. The lowest BCUT2D eigenvalue weighted by Crippen LogP contribution is -2.18. The molecule has 0 spiro atoms. The number of benzene rings is 1. The van der Waals surface area contributed by atoms with Gasteiger partial charge in [0.25, 0.3) is 0 Å². The van der Waals surface area contributed by atoms with Crippen LogP contribution in [0, 0.1) is 11.8 Å². The number of hydrogen-bond acceptors (Lipinski definition) is 1. The maximum absolute atomic E-state index is 3.46. The fourth-order valence-electron chi connectivity index (χ4n) is 1.19. The second-order valence-corrected chi connectivity index (χ2v) is 4.00. The van der Waals surface area contributed by atoms with Gasteiger partial charge in [-0.15, -0.1) is 5.92 Å². The highest BCUT2D eigenvalue weighted by Gasteiger charge is 2.02. The van der Waals surface area contributed by atoms with Crippen LogP contribution in [0.2, 0.25) is 0 Å². The van der Waals surface area contributed by atoms with E-state index in [2.05, 4.69) is 52.1 Å². The maximum Gasteiger partial charge on any atom is 0.0581 e. The molecule has 1 aromatic carbocycles. The first-order valence-corrected chi connectivity index (χ1v) is 5.42. The van der Waals surface area contributed by atoms with Gasteiger partial charge in [-0.3, -0.25) is 5.32 Å². The standard InChI is InChI=1S/C12H14BrN/c1-3-4-8-14-10(2)11-6-5-7-12(13)9-11/h5-7,9-10,14H,8H2,1-2H3. The van der Waals surface area contributed by atoms with Gasteiger partial charge in [0.15, 0.2) is 0 Å². The van der Waals surface area contributed by atoms with Gasteiger partial charge >= 0.3 is 0 Å². The fourth-order valence-corrected chi connectivity index (χ4v) is 1.60. The Bertz CT molecular complexity index is 349. The number of rotatable bonds is 3. The van der Waals surface area contributed by atoms with E-state index < -0.39 is 0 Å². The lowest BCUT2D eigenvalue weighted by atomic mass is 10.1. The molecule has 0 heterocycles. The third kappa shape index (κ3) is 3.53. The van der Waals surface area contributed by atoms with Gasteiger partial charge in [0.1, 0.15) is 0 Å². The van der Waals surface area contributed by atoms with E-state index >= 15 is 0 Å². The van der Waals surface area contributed by atoms with Crippen LogP contribution in [0.15, 0.2) is 28.7 Å². The molecule has 1 N–H and O–H groups in total. The Morgan fingerprint density at radius 1 is 1.50 bits per heavy atom. The summed E-state index contributed by atoms with van der Waals surface area (Å²) >= 11 is 3.46. The van der Waals surface area contributed by atoms with Crippen molar-refractivity contribution in [2.24, 2.45) is 0 Å². The summed E-state index contributed by atoms with van der Waals surface area (Å²) in [6.07, 6.45) is 0. The first kappa shape index (κ1) is 11.3. The zero-order chi connectivity index (χ0) is 10.4. The van der Waals surface area contributed by atoms with Crippen molar-refractivity contribution in [1.29, 1.82) is 0 Å². The van der Waals surface area contributed by atoms with E-state index in [1.165, 1.54) is 5.56 Å². The van der Waals surface area contributed by atoms with E-state index in [1.54, 1.807) is 0 Å². The van der Waals surface area contributed by atoms with Crippen LogP contribution in [0.4, 0.5) is 0 Å². The minimum absolute atomic E-state index is 0.341. The quantitative estimate of drug-likeness (QED) is 0.815. The van der Waals surface area contributed by atoms with Crippen LogP contribution in [0.3, 0.4) is 0 Å². The molecule has 0 radical (unpaired) electrons. The van der Waals surface area contributed by atoms with Crippen LogP contribution in [0.25, 0.3) is 0 Å². The van der Waals surface area contributed by atoms with Crippen molar-refractivity contribution in [2.75, 3.05) is 6.54 Å². The second-order valence-electron chi connectivity index (χ2n) is 3.08. The van der Waals surface area contributed by atoms with Crippen molar-refractivity contribution in [3.05, 3.63) is 34.3 Å². The van der Waals surface area contributed by atoms with Crippen molar-refractivity contribution in [2.45, 2.75) is 19.9 Å². The second kappa shape index (κ2) is 5.85. The Morgan fingerprint density at radius 2 is 2.29 bits per heavy atom. The predicted molar refractivity (Wildman–Crippen MR) is 64.0 cm³/mol. The Hall–Kier alpha value is -0.780. The largest absolute Gasteiger partial charge is 0.300 e. The van der Waals surface area contributed by atoms with Crippen molar-refractivity contribution >= 4 is 15.9 Å². The summed E-state index contributed by atoms with van der Waals surface area (Å²) < 4.78 is 1.12. The zero-order valence-electron chi connectivity index (χ0n) is 8.47. The Kier molecular flexibility index (Phi) is 4.72. The fraction of sp³-hybridized carbons (Fsp3) is 0.333. The maximum atomic E-state index is 3.46. The molecule has 0 aliphatic rings. The Balaban J connectivity index is 2.58. The van der Waals surface area contributed by atoms with Crippen LogP contribution in [0.5, 0.6) is 0 Å². The molecule has 1 rings (SSSR count). The monoisotopic (exact) mass is 251 g/mol. The average molecular weight is 252 g/mol. The molecule has 2 heteroatoms. The summed E-state index contributed by atoms with van der Waals surface area (Å²) in [4.78, 5) is 0. The number of hydrogen-bond donors (Lipinski definition) is 1. The zero-order valence-corrected chi connectivity index (χ0v) is 10.1. The van der Waals surface area contributed by atoms with Crippen LogP contribution in [-0.4, -0.2) is 6.54 Å². The molecule has 1 nitrogen and oxygen atoms in total. The Labute approximate surface area is 94.0 Å². The van der Waals surface area contributed by atoms with E-state index in [0.717, 1.165) is 11.0 Å². The first-order chi connectivity index (χ1) is 6.74. The normalized spacial score (nSPS) is 11.6. The van der Waals surface area contributed by atoms with Crippen LogP contribution < -0.4 is 5.32 Å². The highest BCUT2D eigenvalue weighted by atomic mass is 79.9. The van der Waals surface area contributed by atoms with Gasteiger partial charge < -0.3 is 0 Å². The molecule has 1 aromatic rings. The summed E-state index contributed by atoms with van der Waals surface area (Å²) in [5.74, 6) is 5.85. The predicted octanol–water partition coefficient (Wildman–Crippen LogP) is 3.12. The minimum atomic E-state index is 0.341. The highest BCUT2D eigenvalue weighted by molar-refractivity contribution is 9.10. The summed E-state index contributed by atoms with van der Waals surface area (Å²) in [5.41, 5.74) is 1.28. The minimum Gasteiger partial charge on any atom is -0.300 e. The molecule has 0 saturated carbocycles. The van der Waals surface area contributed by atoms with Gasteiger partial charge in [0.05, 0.1) is 6.54 Å². The third-order valence-electron chi connectivity index (χ3n) is 2.02. The third-order valence-corrected chi connectivity index (χ3v) is 2.52. The van der Waals surface area contributed by atoms with Gasteiger partial charge in [-0.2, -0.15) is 0 Å². The molecule has 0 amide bonds. The highest BCUT2D eigenvalue weighted by Crippen LogP contribution is 2.17. The number of halogens is 1. The van der Waals surface area contributed by atoms with Gasteiger partial charge in [-0.25, -0.2) is 0 Å². The Morgan fingerprint density at radius 3 is 2.93 bits per heavy atom. The number of nitrogens with one attached hydrogen (secondary N) is 1. The SMILES string of the molecule is CC#CCNC(C)c1cccc(Br)c1. The molecule has 0 saturated heterocycles. The summed E-state index contributed by atoms with van der Waals surface area (Å²) in [6.45, 7) is 4.73. The van der Waals surface area contributed by atoms with Crippen LogP contribution >= 0.6 is 15.9 Å². The molecule has 14 heavy (non-hydrogen) atoms. The molecule has 74 valence electrons. The van der Waals surface area contributed by atoms with Crippen molar-refractivity contribution < 1.29 is 0 Å². The molecule has 0 aliphatic heterocycles. The summed E-state index contributed by atoms with van der Waals surface area (Å²) in [7, 11) is 0. The van der Waals surface area contributed by atoms with Crippen molar-refractivity contribution in [3.8, 4) is 11.8 Å². The molecular weight excluding hydrogens is 238 g/mol. The molecule has 0 fully saturated rings. The summed E-state index contributed by atoms with van der Waals surface area (Å²) in [6, 6.07) is 8.65. The van der Waals surface area contributed by atoms with E-state index in [-0.39, 0.29) is 0 Å². The average Bonchev–Trinajstić information content (AvgIpc) is 2.18. The van der Waals surface area contributed by atoms with E-state index in [1.807, 2.05) is 19.1 Å². The molecule has 1 unspecified atom stereocenters. The van der Waals surface area contributed by atoms with Crippen molar-refractivity contribution in [1.82, 2.24) is 5.32 Å². The van der Waals surface area contributed by atoms with Gasteiger partial charge in [0.2, 0.25) is 0 Å². The first-order valence-electron chi connectivity index (χ1n) is 4.62. The van der Waals surface area contributed by atoms with Gasteiger partial charge in [-0.1, -0.05) is 34.0 Å². The van der Waals surface area contributed by atoms with Gasteiger partial charge in [-0.05, 0) is 31.5 Å². The lowest BCUT2D eigenvalue weighted by Gasteiger charge is -2.12. The summed E-state index contributed by atoms with van der Waals surface area (Å²) in [5, 5.41) is 3.33. The van der Waals surface area contributed by atoms with Crippen LogP contribution in [0.1, 0.15) is 25.5 Å². The van der Waals surface area contributed by atoms with Crippen molar-refractivity contribution in [3.63, 3.8) is 0 Å². The topological polar surface area (TPSA) is 12.0 Å².